The van der Waals surface area contributed by atoms with Crippen molar-refractivity contribution in [3.05, 3.63) is 35.4 Å². The number of carboxylic acid groups (broad SMARTS) is 1. The molecule has 5 aliphatic rings. The van der Waals surface area contributed by atoms with Crippen molar-refractivity contribution in [1.82, 2.24) is 25.6 Å². The fourth-order valence-corrected chi connectivity index (χ4v) is 15.5. The summed E-state index contributed by atoms with van der Waals surface area (Å²) < 4.78 is 86.1. The van der Waals surface area contributed by atoms with E-state index in [0.29, 0.717) is 156 Å². The highest BCUT2D eigenvalue weighted by Crippen LogP contribution is 2.67. The maximum atomic E-state index is 12.7. The molecule has 1 aromatic heterocycles. The van der Waals surface area contributed by atoms with Crippen molar-refractivity contribution < 1.29 is 101 Å². The molecule has 0 radical (unpaired) electrons. The summed E-state index contributed by atoms with van der Waals surface area (Å²) in [6.07, 6.45) is 19.6. The van der Waals surface area contributed by atoms with E-state index < -0.39 is 66.7 Å². The number of allylic oxidation sites excluding steroid dienone is 1. The van der Waals surface area contributed by atoms with Gasteiger partial charge in [0.05, 0.1) is 190 Å². The van der Waals surface area contributed by atoms with Crippen LogP contribution in [0.3, 0.4) is 0 Å². The van der Waals surface area contributed by atoms with Gasteiger partial charge in [-0.25, -0.2) is 14.6 Å². The molecule has 3 saturated carbocycles. The molecule has 1 aliphatic heterocycles. The van der Waals surface area contributed by atoms with Gasteiger partial charge in [-0.3, -0.25) is 9.48 Å². The first-order chi connectivity index (χ1) is 49.4. The minimum absolute atomic E-state index is 0.0201. The molecule has 29 heteroatoms. The summed E-state index contributed by atoms with van der Waals surface area (Å²) in [4.78, 5) is 40.4. The molecule has 3 fully saturated rings. The lowest BCUT2D eigenvalue weighted by Gasteiger charge is -2.58. The lowest BCUT2D eigenvalue weighted by atomic mass is 9.47. The smallest absolute Gasteiger partial charge is 0.407 e. The summed E-state index contributed by atoms with van der Waals surface area (Å²) in [7, 11) is 0. The van der Waals surface area contributed by atoms with Crippen LogP contribution in [0.15, 0.2) is 34.7 Å². The van der Waals surface area contributed by atoms with E-state index in [-0.39, 0.29) is 26.4 Å². The number of unbranched alkanes of at least 4 members (excludes halogenated alkanes) is 3. The van der Waals surface area contributed by atoms with E-state index in [0.717, 1.165) is 86.1 Å². The van der Waals surface area contributed by atoms with Crippen LogP contribution in [0.1, 0.15) is 144 Å². The fraction of sp³-hybridized carbons (Fsp3) is 0.863. The molecule has 0 unspecified atom stereocenters. The maximum Gasteiger partial charge on any atom is 0.407 e. The fourth-order valence-electron chi connectivity index (χ4n) is 15.5. The van der Waals surface area contributed by atoms with Crippen molar-refractivity contribution in [1.29, 1.82) is 0 Å². The van der Waals surface area contributed by atoms with E-state index in [1.807, 2.05) is 10.9 Å². The first-order valence-corrected chi connectivity index (χ1v) is 37.8. The Bertz CT molecular complexity index is 2570. The Balaban J connectivity index is 0.613. The zero-order valence-corrected chi connectivity index (χ0v) is 62.2. The molecular weight excluding hydrogens is 1320 g/mol. The lowest BCUT2D eigenvalue weighted by Crippen LogP contribution is -2.61. The number of hydrogen-bond acceptors (Lipinski definition) is 23. The molecule has 102 heavy (non-hydrogen) atoms. The monoisotopic (exact) mass is 1450 g/mol. The maximum absolute atomic E-state index is 12.7. The molecule has 0 saturated heterocycles. The van der Waals surface area contributed by atoms with Crippen molar-refractivity contribution in [2.75, 3.05) is 172 Å². The van der Waals surface area contributed by atoms with Crippen LogP contribution in [-0.4, -0.2) is 262 Å². The number of carbonyl (C=O) groups excluding carboxylic acids is 2. The second-order valence-electron chi connectivity index (χ2n) is 28.4. The molecule has 13 atom stereocenters. The molecule has 586 valence electrons. The third-order valence-electron chi connectivity index (χ3n) is 20.7. The van der Waals surface area contributed by atoms with Gasteiger partial charge in [-0.05, 0) is 117 Å². The largest absolute Gasteiger partial charge is 0.477 e. The Morgan fingerprint density at radius 3 is 1.76 bits per heavy atom. The number of amides is 2. The molecule has 29 nitrogen and oxygen atoms in total. The predicted octanol–water partition coefficient (Wildman–Crippen LogP) is 5.93. The second-order valence-corrected chi connectivity index (χ2v) is 28.4. The number of fused-ring (bicyclic) bond motifs is 5. The van der Waals surface area contributed by atoms with Crippen molar-refractivity contribution in [2.45, 2.75) is 188 Å². The number of carbonyl (C=O) groups is 3. The van der Waals surface area contributed by atoms with Crippen LogP contribution in [-0.2, 0) is 93.8 Å². The summed E-state index contributed by atoms with van der Waals surface area (Å²) in [6, 6.07) is -2.39. The number of aliphatic imine (C=N–C) groups is 1. The van der Waals surface area contributed by atoms with Crippen LogP contribution in [0.2, 0.25) is 0 Å². The zero-order valence-electron chi connectivity index (χ0n) is 62.2. The number of carboxylic acids is 1. The van der Waals surface area contributed by atoms with Gasteiger partial charge in [-0.1, -0.05) is 83.6 Å². The van der Waals surface area contributed by atoms with Gasteiger partial charge in [0.15, 0.2) is 18.2 Å². The van der Waals surface area contributed by atoms with E-state index in [2.05, 4.69) is 66.6 Å². The molecule has 0 bridgehead atoms. The van der Waals surface area contributed by atoms with Crippen molar-refractivity contribution in [3.8, 4) is 0 Å². The number of aliphatic carboxylic acids is 1. The van der Waals surface area contributed by atoms with E-state index in [9.17, 15) is 29.7 Å². The Labute approximate surface area is 605 Å². The number of hydrogen-bond donors (Lipinski definition) is 7. The van der Waals surface area contributed by atoms with Gasteiger partial charge < -0.3 is 108 Å². The van der Waals surface area contributed by atoms with Crippen molar-refractivity contribution in [3.63, 3.8) is 0 Å². The molecule has 2 heterocycles. The number of aryl methyl sites for hydroxylation is 1. The van der Waals surface area contributed by atoms with Gasteiger partial charge in [-0.2, -0.15) is 0 Å². The minimum Gasteiger partial charge on any atom is -0.477 e. The van der Waals surface area contributed by atoms with Crippen LogP contribution in [0.25, 0.3) is 0 Å². The molecule has 1 aromatic rings. The normalized spacial score (nSPS) is 24.8. The standard InChI is InChI=1S/C73H128N8O21/c1-53(2)12-11-13-54(3)60-16-17-61-59-15-14-56-48-58(18-20-72(56,5)62(59)19-21-73(60,61)6)100-24-10-8-7-9-23-81-50-57(79-80-81)52-99-47-46-98-45-44-97-43-42-96-41-40-95-39-38-94-37-36-93-35-34-92-33-32-91-31-30-90-29-28-89-27-26-88-25-22-76-71(87)102-67(64(84)51-82)68-66(77-55(4)83)63(78-70(74)75)49-65(101-68)69(85)86/h14,49-50,53-54,58-64,66-68,82,84H,7-13,15-48,51-52H2,1-6H3,(H,76,87)(H,77,83)(H,85,86)(H4,74,75,78)/t54-,58+,59+,60-,61+,62+,63+,64-,66-,67-,68-,72+,73-/m1/s1. The number of nitrogens with two attached hydrogens (primary N) is 2. The Morgan fingerprint density at radius 1 is 0.686 bits per heavy atom. The number of nitrogens with zero attached hydrogens (tertiary/aromatic N) is 4. The third-order valence-corrected chi connectivity index (χ3v) is 20.7. The van der Waals surface area contributed by atoms with Crippen LogP contribution in [0.4, 0.5) is 4.79 Å². The highest BCUT2D eigenvalue weighted by Gasteiger charge is 2.59. The number of alkyl carbamates (subject to hydrolysis) is 1. The predicted molar refractivity (Wildman–Crippen MR) is 379 cm³/mol. The highest BCUT2D eigenvalue weighted by atomic mass is 16.6. The quantitative estimate of drug-likeness (QED) is 0.0172. The van der Waals surface area contributed by atoms with Gasteiger partial charge in [0, 0.05) is 26.6 Å². The van der Waals surface area contributed by atoms with Crippen LogP contribution in [0.5, 0.6) is 0 Å². The van der Waals surface area contributed by atoms with Gasteiger partial charge in [-0.15, -0.1) is 5.10 Å². The van der Waals surface area contributed by atoms with Gasteiger partial charge >= 0.3 is 12.1 Å². The van der Waals surface area contributed by atoms with Gasteiger partial charge in [0.25, 0.3) is 0 Å². The average molecular weight is 1450 g/mol. The molecule has 2 amide bonds. The summed E-state index contributed by atoms with van der Waals surface area (Å²) in [6.45, 7) is 24.3. The van der Waals surface area contributed by atoms with Crippen molar-refractivity contribution in [2.24, 2.45) is 62.8 Å². The molecule has 0 spiro atoms. The van der Waals surface area contributed by atoms with Crippen LogP contribution >= 0.6 is 0 Å². The summed E-state index contributed by atoms with van der Waals surface area (Å²) in [5.41, 5.74) is 14.5. The summed E-state index contributed by atoms with van der Waals surface area (Å²) in [5, 5.41) is 43.4. The Kier molecular flexibility index (Phi) is 41.6. The van der Waals surface area contributed by atoms with Crippen molar-refractivity contribution >= 4 is 23.9 Å². The number of aromatic nitrogens is 3. The summed E-state index contributed by atoms with van der Waals surface area (Å²) in [5.74, 6) is 2.12. The second kappa shape index (κ2) is 49.2. The molecular formula is C73H128N8O21. The SMILES string of the molecule is CC(=O)N[C@H]1[C@H]([C@H](OC(=O)NCCOCCOCCOCCOCCOCCOCCOCCOCCOCCOCCOCCOCc2cn(CCCCCCO[C@H]3CC[C@@]4(C)C(=CC[C@H]5[C@@H]6CC[C@H]([C@H](C)CCCC(C)C)[C@@]6(C)CC[C@@H]54)C3)nn2)[C@H](O)CO)OC(C(=O)O)=C[C@@H]1N=C(N)N. The molecule has 4 aliphatic carbocycles. The number of ether oxygens (including phenoxy) is 15. The Hall–Kier alpha value is -4.70. The lowest BCUT2D eigenvalue weighted by molar-refractivity contribution is -0.146. The van der Waals surface area contributed by atoms with Crippen LogP contribution in [0, 0.1) is 46.3 Å². The molecule has 9 N–H and O–H groups in total. The number of guanidine groups is 1. The van der Waals surface area contributed by atoms with Gasteiger partial charge in [0.2, 0.25) is 11.7 Å². The molecule has 6 rings (SSSR count). The third kappa shape index (κ3) is 31.0. The average Bonchev–Trinajstić information content (AvgIpc) is 1.41. The van der Waals surface area contributed by atoms with Crippen LogP contribution < -0.4 is 22.1 Å². The highest BCUT2D eigenvalue weighted by molar-refractivity contribution is 5.85. The first kappa shape index (κ1) is 86.2. The zero-order chi connectivity index (χ0) is 73.2. The van der Waals surface area contributed by atoms with Gasteiger partial charge in [0.1, 0.15) is 11.8 Å². The number of aliphatic hydroxyl groups excluding tert-OH is 2. The van der Waals surface area contributed by atoms with E-state index >= 15 is 0 Å². The van der Waals surface area contributed by atoms with E-state index in [1.54, 1.807) is 5.57 Å². The number of nitrogens with one attached hydrogen (secondary N) is 2. The van der Waals surface area contributed by atoms with E-state index in [4.69, 9.17) is 82.5 Å². The Morgan fingerprint density at radius 2 is 1.24 bits per heavy atom. The number of aliphatic hydroxyl groups is 2. The molecule has 0 aromatic carbocycles. The first-order valence-electron chi connectivity index (χ1n) is 37.8. The van der Waals surface area contributed by atoms with E-state index in [1.165, 1.54) is 77.6 Å². The number of rotatable bonds is 58. The summed E-state index contributed by atoms with van der Waals surface area (Å²) >= 11 is 0. The minimum atomic E-state index is -1.75. The topological polar surface area (TPSA) is 370 Å².